The molecule has 1 aromatic heterocycles. The summed E-state index contributed by atoms with van der Waals surface area (Å²) >= 11 is 7.26. The summed E-state index contributed by atoms with van der Waals surface area (Å²) in [7, 11) is -3.64. The van der Waals surface area contributed by atoms with Crippen LogP contribution in [0.5, 0.6) is 0 Å². The molecule has 0 bridgehead atoms. The van der Waals surface area contributed by atoms with Crippen molar-refractivity contribution in [3.05, 3.63) is 87.6 Å². The zero-order valence-electron chi connectivity index (χ0n) is 13.6. The van der Waals surface area contributed by atoms with Crippen LogP contribution in [0.2, 0.25) is 5.02 Å². The maximum atomic E-state index is 13.1. The van der Waals surface area contributed by atoms with Crippen LogP contribution >= 0.6 is 22.9 Å². The first-order chi connectivity index (χ1) is 12.5. The third kappa shape index (κ3) is 4.15. The van der Waals surface area contributed by atoms with Crippen LogP contribution in [0, 0.1) is 0 Å². The van der Waals surface area contributed by atoms with Gasteiger partial charge in [0.25, 0.3) is 5.91 Å². The maximum Gasteiger partial charge on any atom is 0.251 e. The number of sulfone groups is 1. The van der Waals surface area contributed by atoms with Crippen molar-refractivity contribution in [2.24, 2.45) is 0 Å². The van der Waals surface area contributed by atoms with Crippen LogP contribution in [0.3, 0.4) is 0 Å². The Balaban J connectivity index is 1.85. The van der Waals surface area contributed by atoms with Gasteiger partial charge in [-0.05, 0) is 41.8 Å². The van der Waals surface area contributed by atoms with Gasteiger partial charge in [-0.25, -0.2) is 8.42 Å². The van der Waals surface area contributed by atoms with Crippen LogP contribution in [0.4, 0.5) is 0 Å². The molecule has 4 nitrogen and oxygen atoms in total. The van der Waals surface area contributed by atoms with Crippen LogP contribution < -0.4 is 5.32 Å². The SMILES string of the molecule is O=C(NC[C@@H](c1cccs1)S(=O)(=O)c1ccccc1)c1cccc(Cl)c1. The molecular weight excluding hydrogens is 390 g/mol. The first-order valence-corrected chi connectivity index (χ1v) is 10.6. The van der Waals surface area contributed by atoms with Gasteiger partial charge < -0.3 is 5.32 Å². The van der Waals surface area contributed by atoms with Crippen LogP contribution in [-0.4, -0.2) is 20.9 Å². The first kappa shape index (κ1) is 18.6. The minimum Gasteiger partial charge on any atom is -0.350 e. The highest BCUT2D eigenvalue weighted by Gasteiger charge is 2.30. The number of amides is 1. The van der Waals surface area contributed by atoms with Crippen molar-refractivity contribution in [2.45, 2.75) is 10.1 Å². The molecule has 0 saturated carbocycles. The molecule has 0 saturated heterocycles. The van der Waals surface area contributed by atoms with Crippen LogP contribution in [0.15, 0.2) is 77.0 Å². The van der Waals surface area contributed by atoms with E-state index in [2.05, 4.69) is 5.32 Å². The summed E-state index contributed by atoms with van der Waals surface area (Å²) in [5, 5.41) is 4.14. The lowest BCUT2D eigenvalue weighted by Crippen LogP contribution is -2.31. The summed E-state index contributed by atoms with van der Waals surface area (Å²) in [5.41, 5.74) is 0.388. The monoisotopic (exact) mass is 405 g/mol. The smallest absolute Gasteiger partial charge is 0.251 e. The van der Waals surface area contributed by atoms with Gasteiger partial charge in [-0.3, -0.25) is 4.79 Å². The third-order valence-electron chi connectivity index (χ3n) is 3.84. The van der Waals surface area contributed by atoms with E-state index in [1.165, 1.54) is 11.3 Å². The lowest BCUT2D eigenvalue weighted by atomic mass is 10.2. The molecule has 3 rings (SSSR count). The summed E-state index contributed by atoms with van der Waals surface area (Å²) in [6, 6.07) is 18.3. The number of hydrogen-bond donors (Lipinski definition) is 1. The molecule has 3 aromatic rings. The molecule has 0 fully saturated rings. The predicted molar refractivity (Wildman–Crippen MR) is 104 cm³/mol. The molecule has 0 aliphatic carbocycles. The lowest BCUT2D eigenvalue weighted by molar-refractivity contribution is 0.0953. The van der Waals surface area contributed by atoms with Gasteiger partial charge >= 0.3 is 0 Å². The molecule has 1 heterocycles. The van der Waals surface area contributed by atoms with Gasteiger partial charge in [-0.1, -0.05) is 41.9 Å². The number of rotatable bonds is 6. The zero-order chi connectivity index (χ0) is 18.6. The number of nitrogens with one attached hydrogen (secondary N) is 1. The Bertz CT molecular complexity index is 987. The van der Waals surface area contributed by atoms with E-state index in [4.69, 9.17) is 11.6 Å². The summed E-state index contributed by atoms with van der Waals surface area (Å²) in [4.78, 5) is 13.3. The van der Waals surface area contributed by atoms with E-state index in [0.29, 0.717) is 15.5 Å². The number of benzene rings is 2. The fourth-order valence-electron chi connectivity index (χ4n) is 2.53. The molecule has 26 heavy (non-hydrogen) atoms. The first-order valence-electron chi connectivity index (χ1n) is 7.84. The molecule has 7 heteroatoms. The summed E-state index contributed by atoms with van der Waals surface area (Å²) in [6.07, 6.45) is 0. The Hall–Kier alpha value is -2.15. The summed E-state index contributed by atoms with van der Waals surface area (Å²) < 4.78 is 26.1. The van der Waals surface area contributed by atoms with Crippen LogP contribution in [0.1, 0.15) is 20.5 Å². The molecule has 0 aliphatic heterocycles. The topological polar surface area (TPSA) is 63.2 Å². The van der Waals surface area contributed by atoms with Gasteiger partial charge in [-0.15, -0.1) is 11.3 Å². The average Bonchev–Trinajstić information content (AvgIpc) is 3.16. The summed E-state index contributed by atoms with van der Waals surface area (Å²) in [5.74, 6) is -0.364. The fraction of sp³-hybridized carbons (Fsp3) is 0.105. The number of carbonyl (C=O) groups is 1. The van der Waals surface area contributed by atoms with Crippen molar-refractivity contribution in [1.29, 1.82) is 0 Å². The second-order valence-electron chi connectivity index (χ2n) is 5.58. The second kappa shape index (κ2) is 8.03. The zero-order valence-corrected chi connectivity index (χ0v) is 16.0. The number of carbonyl (C=O) groups excluding carboxylic acids is 1. The average molecular weight is 406 g/mol. The van der Waals surface area contributed by atoms with E-state index in [1.807, 2.05) is 5.38 Å². The summed E-state index contributed by atoms with van der Waals surface area (Å²) in [6.45, 7) is -0.0247. The molecule has 0 aliphatic rings. The van der Waals surface area contributed by atoms with Crippen molar-refractivity contribution in [3.63, 3.8) is 0 Å². The van der Waals surface area contributed by atoms with Gasteiger partial charge in [0.15, 0.2) is 9.84 Å². The fourth-order valence-corrected chi connectivity index (χ4v) is 5.52. The van der Waals surface area contributed by atoms with E-state index in [1.54, 1.807) is 66.7 Å². The second-order valence-corrected chi connectivity index (χ2v) is 9.13. The van der Waals surface area contributed by atoms with E-state index in [-0.39, 0.29) is 17.3 Å². The highest BCUT2D eigenvalue weighted by atomic mass is 35.5. The van der Waals surface area contributed by atoms with Gasteiger partial charge in [0.2, 0.25) is 0 Å². The van der Waals surface area contributed by atoms with Gasteiger partial charge in [0.1, 0.15) is 5.25 Å². The molecular formula is C19H16ClNO3S2. The molecule has 0 spiro atoms. The Morgan fingerprint density at radius 1 is 1.04 bits per heavy atom. The molecule has 2 aromatic carbocycles. The molecule has 1 amide bonds. The molecule has 134 valence electrons. The molecule has 1 atom stereocenters. The predicted octanol–water partition coefficient (Wildman–Crippen LogP) is 4.35. The number of hydrogen-bond acceptors (Lipinski definition) is 4. The van der Waals surface area contributed by atoms with Crippen molar-refractivity contribution < 1.29 is 13.2 Å². The standard InChI is InChI=1S/C19H16ClNO3S2/c20-15-7-4-6-14(12-15)19(22)21-13-18(17-10-5-11-25-17)26(23,24)16-8-2-1-3-9-16/h1-12,18H,13H2,(H,21,22)/t18-/m0/s1. The van der Waals surface area contributed by atoms with E-state index in [0.717, 1.165) is 0 Å². The Kier molecular flexibility index (Phi) is 5.76. The molecule has 0 unspecified atom stereocenters. The van der Waals surface area contributed by atoms with Gasteiger partial charge in [-0.2, -0.15) is 0 Å². The highest BCUT2D eigenvalue weighted by Crippen LogP contribution is 2.31. The van der Waals surface area contributed by atoms with Crippen molar-refractivity contribution in [1.82, 2.24) is 5.32 Å². The van der Waals surface area contributed by atoms with Gasteiger partial charge in [0.05, 0.1) is 4.90 Å². The maximum absolute atomic E-state index is 13.1. The third-order valence-corrected chi connectivity index (χ3v) is 7.31. The van der Waals surface area contributed by atoms with Crippen LogP contribution in [-0.2, 0) is 9.84 Å². The highest BCUT2D eigenvalue weighted by molar-refractivity contribution is 7.91. The largest absolute Gasteiger partial charge is 0.350 e. The van der Waals surface area contributed by atoms with Crippen molar-refractivity contribution in [3.8, 4) is 0 Å². The van der Waals surface area contributed by atoms with Crippen molar-refractivity contribution in [2.75, 3.05) is 6.54 Å². The van der Waals surface area contributed by atoms with Gasteiger partial charge in [0, 0.05) is 22.0 Å². The number of thiophene rings is 1. The van der Waals surface area contributed by atoms with E-state index >= 15 is 0 Å². The van der Waals surface area contributed by atoms with Crippen molar-refractivity contribution >= 4 is 38.7 Å². The number of halogens is 1. The molecule has 1 N–H and O–H groups in total. The lowest BCUT2D eigenvalue weighted by Gasteiger charge is -2.17. The van der Waals surface area contributed by atoms with E-state index < -0.39 is 15.1 Å². The molecule has 0 radical (unpaired) electrons. The minimum atomic E-state index is -3.64. The Morgan fingerprint density at radius 3 is 2.46 bits per heavy atom. The Labute approximate surface area is 161 Å². The normalized spacial score (nSPS) is 12.5. The Morgan fingerprint density at radius 2 is 1.81 bits per heavy atom. The minimum absolute atomic E-state index is 0.0247. The van der Waals surface area contributed by atoms with Crippen LogP contribution in [0.25, 0.3) is 0 Å². The van der Waals surface area contributed by atoms with E-state index in [9.17, 15) is 13.2 Å². The quantitative estimate of drug-likeness (QED) is 0.663.